The molecule has 0 aliphatic carbocycles. The van der Waals surface area contributed by atoms with Crippen LogP contribution in [0, 0.1) is 0 Å². The van der Waals surface area contributed by atoms with Crippen molar-refractivity contribution in [2.75, 3.05) is 0 Å². The van der Waals surface area contributed by atoms with Crippen LogP contribution in [0.2, 0.25) is 0 Å². The summed E-state index contributed by atoms with van der Waals surface area (Å²) in [5.41, 5.74) is 6.35. The zero-order chi connectivity index (χ0) is 8.53. The Balaban J connectivity index is 0.000000292. The molecular weight excluding hydrogens is 158 g/mol. The van der Waals surface area contributed by atoms with E-state index in [1.54, 1.807) is 12.1 Å². The van der Waals surface area contributed by atoms with Gasteiger partial charge in [-0.05, 0) is 0 Å². The van der Waals surface area contributed by atoms with Crippen molar-refractivity contribution in [1.29, 1.82) is 0 Å². The summed E-state index contributed by atoms with van der Waals surface area (Å²) >= 11 is 4.05. The molecule has 1 aromatic rings. The fourth-order valence-electron chi connectivity index (χ4n) is 0.532. The second-order valence-corrected chi connectivity index (χ2v) is 1.94. The van der Waals surface area contributed by atoms with Crippen LogP contribution in [-0.4, -0.2) is 11.8 Å². The van der Waals surface area contributed by atoms with Crippen LogP contribution in [0.5, 0.6) is 0 Å². The highest BCUT2D eigenvalue weighted by atomic mass is 32.1. The molecule has 3 heteroatoms. The molecule has 0 saturated heterocycles. The number of thiocarbonyl (C=S) groups is 1. The molecule has 0 unspecified atom stereocenters. The third kappa shape index (κ3) is 5.24. The summed E-state index contributed by atoms with van der Waals surface area (Å²) in [5, 5.41) is 0. The van der Waals surface area contributed by atoms with E-state index in [0.29, 0.717) is 0 Å². The number of hydrogen-bond donors (Lipinski definition) is 1. The molecule has 0 bridgehead atoms. The molecule has 0 saturated carbocycles. The molecule has 2 nitrogen and oxygen atoms in total. The van der Waals surface area contributed by atoms with Crippen molar-refractivity contribution in [1.82, 2.24) is 0 Å². The van der Waals surface area contributed by atoms with E-state index < -0.39 is 0 Å². The summed E-state index contributed by atoms with van der Waals surface area (Å²) in [7, 11) is 0. The van der Waals surface area contributed by atoms with E-state index in [9.17, 15) is 4.79 Å². The van der Waals surface area contributed by atoms with Crippen LogP contribution in [0.25, 0.3) is 0 Å². The maximum absolute atomic E-state index is 10.0. The standard InChI is InChI=1S/C7H6O.CH3NS/c8-6-7-4-2-1-3-5-7;2-1-3/h1-6H;1H,(H2,2,3). The molecular formula is C8H9NOS. The minimum atomic E-state index is 0.729. The van der Waals surface area contributed by atoms with Crippen molar-refractivity contribution in [2.45, 2.75) is 0 Å². The van der Waals surface area contributed by atoms with Gasteiger partial charge in [0.25, 0.3) is 0 Å². The van der Waals surface area contributed by atoms with E-state index in [-0.39, 0.29) is 0 Å². The first-order valence-corrected chi connectivity index (χ1v) is 3.48. The lowest BCUT2D eigenvalue weighted by molar-refractivity contribution is 0.112. The van der Waals surface area contributed by atoms with E-state index in [1.807, 2.05) is 18.2 Å². The molecule has 0 radical (unpaired) electrons. The van der Waals surface area contributed by atoms with E-state index >= 15 is 0 Å². The van der Waals surface area contributed by atoms with Gasteiger partial charge in [0.15, 0.2) is 0 Å². The normalized spacial score (nSPS) is 7.27. The summed E-state index contributed by atoms with van der Waals surface area (Å²) in [4.78, 5) is 10.0. The van der Waals surface area contributed by atoms with Crippen LogP contribution in [0.3, 0.4) is 0 Å². The van der Waals surface area contributed by atoms with Gasteiger partial charge in [-0.2, -0.15) is 0 Å². The number of benzene rings is 1. The molecule has 0 heterocycles. The average Bonchev–Trinajstić information content (AvgIpc) is 2.08. The molecule has 0 fully saturated rings. The molecule has 1 aromatic carbocycles. The van der Waals surface area contributed by atoms with Crippen molar-refractivity contribution in [3.8, 4) is 0 Å². The maximum Gasteiger partial charge on any atom is 0.150 e. The molecule has 2 N–H and O–H groups in total. The van der Waals surface area contributed by atoms with Crippen molar-refractivity contribution >= 4 is 24.0 Å². The zero-order valence-electron chi connectivity index (χ0n) is 5.94. The summed E-state index contributed by atoms with van der Waals surface area (Å²) in [5.74, 6) is 0. The number of nitrogens with two attached hydrogens (primary N) is 1. The van der Waals surface area contributed by atoms with E-state index in [0.717, 1.165) is 17.3 Å². The van der Waals surface area contributed by atoms with Crippen LogP contribution in [0.4, 0.5) is 0 Å². The van der Waals surface area contributed by atoms with Gasteiger partial charge in [0.1, 0.15) is 6.29 Å². The van der Waals surface area contributed by atoms with Crippen LogP contribution < -0.4 is 5.73 Å². The highest BCUT2D eigenvalue weighted by Gasteiger charge is 1.79. The molecule has 0 aliphatic heterocycles. The van der Waals surface area contributed by atoms with Gasteiger partial charge in [-0.3, -0.25) is 4.79 Å². The number of carbonyl (C=O) groups excluding carboxylic acids is 1. The van der Waals surface area contributed by atoms with Gasteiger partial charge in [0.05, 0.1) is 5.49 Å². The fraction of sp³-hybridized carbons (Fsp3) is 0. The Kier molecular flexibility index (Phi) is 6.13. The lowest BCUT2D eigenvalue weighted by Gasteiger charge is -1.81. The Labute approximate surface area is 71.0 Å². The SMILES string of the molecule is NC=S.O=Cc1ccccc1. The fourth-order valence-corrected chi connectivity index (χ4v) is 0.532. The third-order valence-corrected chi connectivity index (χ3v) is 0.936. The van der Waals surface area contributed by atoms with Gasteiger partial charge in [-0.1, -0.05) is 42.5 Å². The molecule has 11 heavy (non-hydrogen) atoms. The van der Waals surface area contributed by atoms with Crippen LogP contribution in [0.1, 0.15) is 10.4 Å². The molecule has 0 amide bonds. The summed E-state index contributed by atoms with van der Waals surface area (Å²) in [6.07, 6.45) is 0.833. The number of carbonyl (C=O) groups is 1. The van der Waals surface area contributed by atoms with Gasteiger partial charge < -0.3 is 5.73 Å². The van der Waals surface area contributed by atoms with Crippen molar-refractivity contribution in [2.24, 2.45) is 5.73 Å². The van der Waals surface area contributed by atoms with Crippen molar-refractivity contribution in [3.63, 3.8) is 0 Å². The van der Waals surface area contributed by atoms with Crippen LogP contribution in [-0.2, 0) is 0 Å². The highest BCUT2D eigenvalue weighted by Crippen LogP contribution is 1.91. The molecule has 0 atom stereocenters. The highest BCUT2D eigenvalue weighted by molar-refractivity contribution is 7.78. The lowest BCUT2D eigenvalue weighted by Crippen LogP contribution is -1.79. The van der Waals surface area contributed by atoms with E-state index in [1.165, 1.54) is 0 Å². The average molecular weight is 167 g/mol. The first-order chi connectivity index (χ1) is 5.35. The van der Waals surface area contributed by atoms with Gasteiger partial charge in [0, 0.05) is 5.56 Å². The number of aldehydes is 1. The van der Waals surface area contributed by atoms with Gasteiger partial charge in [-0.15, -0.1) is 0 Å². The van der Waals surface area contributed by atoms with Gasteiger partial charge in [-0.25, -0.2) is 0 Å². The largest absolute Gasteiger partial charge is 0.396 e. The molecule has 0 aliphatic rings. The first-order valence-electron chi connectivity index (χ1n) is 3.00. The number of hydrogen-bond acceptors (Lipinski definition) is 2. The predicted molar refractivity (Wildman–Crippen MR) is 49.7 cm³/mol. The summed E-state index contributed by atoms with van der Waals surface area (Å²) in [6.45, 7) is 0. The molecule has 0 aromatic heterocycles. The Morgan fingerprint density at radius 2 is 1.73 bits per heavy atom. The van der Waals surface area contributed by atoms with Crippen molar-refractivity contribution in [3.05, 3.63) is 35.9 Å². The minimum Gasteiger partial charge on any atom is -0.396 e. The topological polar surface area (TPSA) is 43.1 Å². The van der Waals surface area contributed by atoms with E-state index in [4.69, 9.17) is 0 Å². The Bertz CT molecular complexity index is 211. The summed E-state index contributed by atoms with van der Waals surface area (Å²) < 4.78 is 0. The molecule has 1 rings (SSSR count). The third-order valence-electron chi connectivity index (χ3n) is 0.936. The Hall–Kier alpha value is -1.22. The van der Waals surface area contributed by atoms with Gasteiger partial charge in [0.2, 0.25) is 0 Å². The van der Waals surface area contributed by atoms with E-state index in [2.05, 4.69) is 18.0 Å². The first kappa shape index (κ1) is 9.78. The molecule has 0 spiro atoms. The van der Waals surface area contributed by atoms with Crippen LogP contribution in [0.15, 0.2) is 30.3 Å². The maximum atomic E-state index is 10.0. The lowest BCUT2D eigenvalue weighted by atomic mass is 10.2. The monoisotopic (exact) mass is 167 g/mol. The minimum absolute atomic E-state index is 0.729. The van der Waals surface area contributed by atoms with Crippen LogP contribution >= 0.6 is 12.2 Å². The quantitative estimate of drug-likeness (QED) is 0.508. The zero-order valence-corrected chi connectivity index (χ0v) is 6.75. The smallest absolute Gasteiger partial charge is 0.150 e. The Morgan fingerprint density at radius 3 is 2.00 bits per heavy atom. The van der Waals surface area contributed by atoms with Crippen molar-refractivity contribution < 1.29 is 4.79 Å². The molecule has 58 valence electrons. The second-order valence-electron chi connectivity index (χ2n) is 1.66. The van der Waals surface area contributed by atoms with Gasteiger partial charge >= 0.3 is 0 Å². The Morgan fingerprint density at radius 1 is 1.27 bits per heavy atom. The second kappa shape index (κ2) is 6.89. The number of rotatable bonds is 1. The summed E-state index contributed by atoms with van der Waals surface area (Å²) in [6, 6.07) is 9.10. The predicted octanol–water partition coefficient (Wildman–Crippen LogP) is 1.40.